The third kappa shape index (κ3) is 3.44. The number of piperidine rings is 1. The lowest BCUT2D eigenvalue weighted by Gasteiger charge is -2.32. The van der Waals surface area contributed by atoms with Crippen LogP contribution in [0.15, 0.2) is 47.1 Å². The number of nitrogens with zero attached hydrogens (tertiary/aromatic N) is 1. The van der Waals surface area contributed by atoms with Crippen LogP contribution in [0.4, 0.5) is 0 Å². The molecule has 0 spiro atoms. The number of benzene rings is 1. The Bertz CT molecular complexity index is 685. The monoisotopic (exact) mass is 312 g/mol. The normalized spacial score (nSPS) is 15.4. The number of carbonyl (C=O) groups is 2. The van der Waals surface area contributed by atoms with Gasteiger partial charge in [-0.3, -0.25) is 9.59 Å². The molecule has 5 nitrogen and oxygen atoms in total. The Hall–Kier alpha value is -2.56. The Balaban J connectivity index is 1.54. The number of carbonyl (C=O) groups excluding carboxylic acids is 2. The maximum absolute atomic E-state index is 12.4. The van der Waals surface area contributed by atoms with E-state index < -0.39 is 0 Å². The van der Waals surface area contributed by atoms with Crippen LogP contribution in [0.25, 0.3) is 0 Å². The lowest BCUT2D eigenvalue weighted by atomic mass is 10.0. The predicted octanol–water partition coefficient (Wildman–Crippen LogP) is 2.62. The van der Waals surface area contributed by atoms with Gasteiger partial charge in [0.1, 0.15) is 0 Å². The van der Waals surface area contributed by atoms with Crippen LogP contribution >= 0.6 is 0 Å². The van der Waals surface area contributed by atoms with Crippen molar-refractivity contribution in [1.29, 1.82) is 0 Å². The maximum atomic E-state index is 12.4. The third-order valence-electron chi connectivity index (χ3n) is 4.21. The molecule has 1 fully saturated rings. The Morgan fingerprint density at radius 1 is 1.13 bits per heavy atom. The summed E-state index contributed by atoms with van der Waals surface area (Å²) in [4.78, 5) is 26.4. The van der Waals surface area contributed by atoms with E-state index >= 15 is 0 Å². The highest BCUT2D eigenvalue weighted by atomic mass is 16.3. The van der Waals surface area contributed by atoms with Gasteiger partial charge in [0.2, 0.25) is 0 Å². The molecule has 3 rings (SSSR count). The lowest BCUT2D eigenvalue weighted by Crippen LogP contribution is -2.46. The van der Waals surface area contributed by atoms with Crippen molar-refractivity contribution in [2.45, 2.75) is 25.8 Å². The average molecular weight is 312 g/mol. The first-order chi connectivity index (χ1) is 11.1. The molecule has 0 bridgehead atoms. The zero-order valence-electron chi connectivity index (χ0n) is 13.1. The molecule has 2 heterocycles. The van der Waals surface area contributed by atoms with E-state index in [0.29, 0.717) is 24.4 Å². The van der Waals surface area contributed by atoms with Crippen molar-refractivity contribution in [2.75, 3.05) is 13.1 Å². The number of aryl methyl sites for hydroxylation is 1. The fourth-order valence-corrected chi connectivity index (χ4v) is 2.85. The minimum absolute atomic E-state index is 0.0530. The van der Waals surface area contributed by atoms with Gasteiger partial charge in [-0.15, -0.1) is 0 Å². The molecule has 1 N–H and O–H groups in total. The van der Waals surface area contributed by atoms with E-state index in [9.17, 15) is 9.59 Å². The maximum Gasteiger partial charge on any atom is 0.287 e. The van der Waals surface area contributed by atoms with Crippen molar-refractivity contribution in [2.24, 2.45) is 0 Å². The molecule has 0 radical (unpaired) electrons. The summed E-state index contributed by atoms with van der Waals surface area (Å²) in [6.45, 7) is 3.14. The summed E-state index contributed by atoms with van der Waals surface area (Å²) in [5, 5.41) is 2.99. The van der Waals surface area contributed by atoms with Crippen LogP contribution in [-0.4, -0.2) is 35.8 Å². The zero-order chi connectivity index (χ0) is 16.2. The molecule has 2 amide bonds. The quantitative estimate of drug-likeness (QED) is 0.947. The van der Waals surface area contributed by atoms with E-state index in [1.807, 2.05) is 42.2 Å². The van der Waals surface area contributed by atoms with Gasteiger partial charge in [0.05, 0.1) is 6.26 Å². The summed E-state index contributed by atoms with van der Waals surface area (Å²) < 4.78 is 5.21. The van der Waals surface area contributed by atoms with Crippen LogP contribution in [0.2, 0.25) is 0 Å². The summed E-state index contributed by atoms with van der Waals surface area (Å²) in [5.41, 5.74) is 1.54. The highest BCUT2D eigenvalue weighted by molar-refractivity contribution is 5.94. The third-order valence-corrected chi connectivity index (χ3v) is 4.21. The highest BCUT2D eigenvalue weighted by Gasteiger charge is 2.25. The van der Waals surface area contributed by atoms with Gasteiger partial charge in [0, 0.05) is 30.3 Å². The molecule has 5 heteroatoms. The summed E-state index contributed by atoms with van der Waals surface area (Å²) in [7, 11) is 0. The first-order valence-electron chi connectivity index (χ1n) is 7.84. The molecule has 1 aromatic heterocycles. The molecule has 0 saturated carbocycles. The number of hydrogen-bond donors (Lipinski definition) is 1. The van der Waals surface area contributed by atoms with E-state index in [4.69, 9.17) is 4.42 Å². The Kier molecular flexibility index (Phi) is 4.46. The van der Waals surface area contributed by atoms with Gasteiger partial charge in [-0.05, 0) is 38.0 Å². The molecule has 1 aromatic carbocycles. The van der Waals surface area contributed by atoms with Crippen LogP contribution in [0.3, 0.4) is 0 Å². The second-order valence-electron chi connectivity index (χ2n) is 5.84. The first kappa shape index (κ1) is 15.3. The molecule has 0 unspecified atom stereocenters. The molecule has 23 heavy (non-hydrogen) atoms. The van der Waals surface area contributed by atoms with Crippen molar-refractivity contribution in [1.82, 2.24) is 10.2 Å². The van der Waals surface area contributed by atoms with E-state index in [1.165, 1.54) is 6.26 Å². The number of rotatable bonds is 3. The van der Waals surface area contributed by atoms with Gasteiger partial charge < -0.3 is 14.6 Å². The fraction of sp³-hybridized carbons (Fsp3) is 0.333. The molecular weight excluding hydrogens is 292 g/mol. The van der Waals surface area contributed by atoms with Crippen molar-refractivity contribution >= 4 is 11.8 Å². The molecule has 1 saturated heterocycles. The van der Waals surface area contributed by atoms with Gasteiger partial charge in [-0.2, -0.15) is 0 Å². The smallest absolute Gasteiger partial charge is 0.287 e. The fourth-order valence-electron chi connectivity index (χ4n) is 2.85. The minimum Gasteiger partial charge on any atom is -0.459 e. The van der Waals surface area contributed by atoms with Crippen molar-refractivity contribution in [3.63, 3.8) is 0 Å². The number of likely N-dealkylation sites (tertiary alicyclic amines) is 1. The summed E-state index contributed by atoms with van der Waals surface area (Å²) in [6.07, 6.45) is 3.03. The Morgan fingerprint density at radius 2 is 1.83 bits per heavy atom. The zero-order valence-corrected chi connectivity index (χ0v) is 13.1. The summed E-state index contributed by atoms with van der Waals surface area (Å²) >= 11 is 0. The van der Waals surface area contributed by atoms with Gasteiger partial charge in [-0.1, -0.05) is 18.2 Å². The standard InChI is InChI=1S/C18H20N2O3/c1-13-9-12-23-16(13)17(21)19-15-7-10-20(11-8-15)18(22)14-5-3-2-4-6-14/h2-6,9,12,15H,7-8,10-11H2,1H3,(H,19,21). The van der Waals surface area contributed by atoms with Crippen LogP contribution in [0, 0.1) is 6.92 Å². The molecule has 2 aromatic rings. The summed E-state index contributed by atoms with van der Waals surface area (Å²) in [6, 6.07) is 11.1. The van der Waals surface area contributed by atoms with Crippen LogP contribution in [0.1, 0.15) is 39.3 Å². The number of amides is 2. The Labute approximate surface area is 135 Å². The first-order valence-corrected chi connectivity index (χ1v) is 7.84. The van der Waals surface area contributed by atoms with Gasteiger partial charge >= 0.3 is 0 Å². The predicted molar refractivity (Wildman–Crippen MR) is 86.3 cm³/mol. The molecule has 120 valence electrons. The van der Waals surface area contributed by atoms with Crippen molar-refractivity contribution in [3.8, 4) is 0 Å². The van der Waals surface area contributed by atoms with E-state index in [2.05, 4.69) is 5.32 Å². The average Bonchev–Trinajstić information content (AvgIpc) is 3.02. The van der Waals surface area contributed by atoms with Crippen LogP contribution in [0.5, 0.6) is 0 Å². The van der Waals surface area contributed by atoms with E-state index in [-0.39, 0.29) is 17.9 Å². The summed E-state index contributed by atoms with van der Waals surface area (Å²) in [5.74, 6) is 0.241. The van der Waals surface area contributed by atoms with Gasteiger partial charge in [-0.25, -0.2) is 0 Å². The number of hydrogen-bond acceptors (Lipinski definition) is 3. The number of furan rings is 1. The molecule has 1 aliphatic heterocycles. The second-order valence-corrected chi connectivity index (χ2v) is 5.84. The molecule has 0 atom stereocenters. The van der Waals surface area contributed by atoms with Gasteiger partial charge in [0.15, 0.2) is 5.76 Å². The largest absolute Gasteiger partial charge is 0.459 e. The van der Waals surface area contributed by atoms with Crippen molar-refractivity contribution in [3.05, 3.63) is 59.5 Å². The SMILES string of the molecule is Cc1ccoc1C(=O)NC1CCN(C(=O)c2ccccc2)CC1. The minimum atomic E-state index is -0.180. The lowest BCUT2D eigenvalue weighted by molar-refractivity contribution is 0.0695. The van der Waals surface area contributed by atoms with Crippen molar-refractivity contribution < 1.29 is 14.0 Å². The van der Waals surface area contributed by atoms with E-state index in [0.717, 1.165) is 18.4 Å². The number of nitrogens with one attached hydrogen (secondary N) is 1. The van der Waals surface area contributed by atoms with Gasteiger partial charge in [0.25, 0.3) is 11.8 Å². The second kappa shape index (κ2) is 6.69. The molecule has 0 aliphatic carbocycles. The molecular formula is C18H20N2O3. The van der Waals surface area contributed by atoms with E-state index in [1.54, 1.807) is 6.07 Å². The topological polar surface area (TPSA) is 62.6 Å². The van der Waals surface area contributed by atoms with Crippen LogP contribution in [-0.2, 0) is 0 Å². The Morgan fingerprint density at radius 3 is 2.43 bits per heavy atom. The molecule has 1 aliphatic rings. The highest BCUT2D eigenvalue weighted by Crippen LogP contribution is 2.15. The van der Waals surface area contributed by atoms with Crippen LogP contribution < -0.4 is 5.32 Å².